The van der Waals surface area contributed by atoms with Gasteiger partial charge in [0.15, 0.2) is 5.17 Å². The Labute approximate surface area is 129 Å². The van der Waals surface area contributed by atoms with E-state index in [0.717, 1.165) is 43.5 Å². The molecule has 0 saturated carbocycles. The first-order valence-electron chi connectivity index (χ1n) is 7.31. The summed E-state index contributed by atoms with van der Waals surface area (Å²) in [7, 11) is 0. The van der Waals surface area contributed by atoms with Crippen molar-refractivity contribution >= 4 is 28.9 Å². The van der Waals surface area contributed by atoms with Crippen LogP contribution in [0, 0.1) is 0 Å². The summed E-state index contributed by atoms with van der Waals surface area (Å²) in [6.07, 6.45) is 1.92. The molecule has 2 aliphatic heterocycles. The Morgan fingerprint density at radius 1 is 1.19 bits per heavy atom. The number of benzene rings is 1. The molecule has 2 aliphatic rings. The highest BCUT2D eigenvalue weighted by molar-refractivity contribution is 8.18. The van der Waals surface area contributed by atoms with Crippen LogP contribution in [0.1, 0.15) is 12.5 Å². The zero-order valence-corrected chi connectivity index (χ0v) is 13.0. The van der Waals surface area contributed by atoms with Gasteiger partial charge in [-0.05, 0) is 29.9 Å². The zero-order chi connectivity index (χ0) is 14.7. The molecule has 1 aromatic rings. The van der Waals surface area contributed by atoms with Crippen molar-refractivity contribution in [3.63, 3.8) is 0 Å². The van der Waals surface area contributed by atoms with Crippen molar-refractivity contribution in [2.75, 3.05) is 32.7 Å². The first-order valence-corrected chi connectivity index (χ1v) is 8.13. The Morgan fingerprint density at radius 3 is 2.57 bits per heavy atom. The van der Waals surface area contributed by atoms with E-state index in [9.17, 15) is 4.79 Å². The van der Waals surface area contributed by atoms with Gasteiger partial charge in [-0.1, -0.05) is 37.3 Å². The molecule has 2 heterocycles. The number of amidine groups is 1. The van der Waals surface area contributed by atoms with E-state index in [4.69, 9.17) is 0 Å². The fourth-order valence-corrected chi connectivity index (χ4v) is 3.45. The number of carbonyl (C=O) groups excluding carboxylic acids is 1. The second kappa shape index (κ2) is 6.45. The lowest BCUT2D eigenvalue weighted by Crippen LogP contribution is -2.47. The van der Waals surface area contributed by atoms with Crippen molar-refractivity contribution in [3.05, 3.63) is 40.8 Å². The van der Waals surface area contributed by atoms with Crippen molar-refractivity contribution in [1.29, 1.82) is 0 Å². The number of nitrogens with zero attached hydrogens (tertiary/aromatic N) is 3. The van der Waals surface area contributed by atoms with Gasteiger partial charge in [0.25, 0.3) is 5.91 Å². The topological polar surface area (TPSA) is 35.9 Å². The maximum atomic E-state index is 12.0. The molecule has 110 valence electrons. The smallest absolute Gasteiger partial charge is 0.286 e. The van der Waals surface area contributed by atoms with Crippen LogP contribution < -0.4 is 0 Å². The van der Waals surface area contributed by atoms with Crippen molar-refractivity contribution in [1.82, 2.24) is 9.80 Å². The van der Waals surface area contributed by atoms with E-state index in [2.05, 4.69) is 21.7 Å². The van der Waals surface area contributed by atoms with Crippen molar-refractivity contribution < 1.29 is 4.79 Å². The molecule has 0 radical (unpaired) electrons. The molecule has 3 rings (SSSR count). The Bertz CT molecular complexity index is 574. The lowest BCUT2D eigenvalue weighted by Gasteiger charge is -2.34. The molecule has 1 fully saturated rings. The third-order valence-corrected chi connectivity index (χ3v) is 4.84. The first-order chi connectivity index (χ1) is 10.3. The van der Waals surface area contributed by atoms with E-state index in [1.807, 2.05) is 36.4 Å². The highest BCUT2D eigenvalue weighted by Gasteiger charge is 2.27. The lowest BCUT2D eigenvalue weighted by molar-refractivity contribution is -0.113. The van der Waals surface area contributed by atoms with Crippen molar-refractivity contribution in [2.24, 2.45) is 4.99 Å². The van der Waals surface area contributed by atoms with Gasteiger partial charge in [-0.3, -0.25) is 4.79 Å². The van der Waals surface area contributed by atoms with E-state index in [1.54, 1.807) is 0 Å². The highest BCUT2D eigenvalue weighted by atomic mass is 32.2. The molecule has 5 heteroatoms. The van der Waals surface area contributed by atoms with E-state index in [-0.39, 0.29) is 5.91 Å². The molecule has 0 unspecified atom stereocenters. The van der Waals surface area contributed by atoms with Gasteiger partial charge < -0.3 is 9.80 Å². The van der Waals surface area contributed by atoms with Crippen LogP contribution in [0.15, 0.2) is 40.2 Å². The van der Waals surface area contributed by atoms with E-state index < -0.39 is 0 Å². The van der Waals surface area contributed by atoms with Gasteiger partial charge in [-0.25, -0.2) is 0 Å². The Morgan fingerprint density at radius 2 is 1.90 bits per heavy atom. The van der Waals surface area contributed by atoms with Crippen LogP contribution in [0.2, 0.25) is 0 Å². The molecule has 1 aromatic carbocycles. The summed E-state index contributed by atoms with van der Waals surface area (Å²) in [5, 5.41) is 0.859. The number of likely N-dealkylation sites (N-methyl/N-ethyl adjacent to an activating group) is 1. The van der Waals surface area contributed by atoms with Gasteiger partial charge in [0.2, 0.25) is 0 Å². The largest absolute Gasteiger partial charge is 0.348 e. The van der Waals surface area contributed by atoms with Gasteiger partial charge >= 0.3 is 0 Å². The molecular formula is C16H19N3OS. The van der Waals surface area contributed by atoms with E-state index in [1.165, 1.54) is 11.8 Å². The number of piperazine rings is 1. The summed E-state index contributed by atoms with van der Waals surface area (Å²) in [4.78, 5) is 21.6. The van der Waals surface area contributed by atoms with Gasteiger partial charge in [0.1, 0.15) is 0 Å². The number of rotatable bonds is 2. The molecular weight excluding hydrogens is 282 g/mol. The number of hydrogen-bond acceptors (Lipinski definition) is 4. The number of amides is 1. The third-order valence-electron chi connectivity index (χ3n) is 3.80. The van der Waals surface area contributed by atoms with Gasteiger partial charge in [-0.2, -0.15) is 4.99 Å². The predicted molar refractivity (Wildman–Crippen MR) is 88.1 cm³/mol. The molecule has 0 aliphatic carbocycles. The molecule has 0 bridgehead atoms. The maximum absolute atomic E-state index is 12.0. The maximum Gasteiger partial charge on any atom is 0.286 e. The standard InChI is InChI=1S/C16H19N3OS/c1-2-18-8-10-19(11-9-18)16-17-15(20)14(21-16)12-13-6-4-3-5-7-13/h3-7,12H,2,8-11H2,1H3. The van der Waals surface area contributed by atoms with Crippen LogP contribution in [-0.2, 0) is 4.79 Å². The molecule has 21 heavy (non-hydrogen) atoms. The zero-order valence-electron chi connectivity index (χ0n) is 12.2. The number of hydrogen-bond donors (Lipinski definition) is 0. The van der Waals surface area contributed by atoms with Gasteiger partial charge in [0.05, 0.1) is 4.91 Å². The van der Waals surface area contributed by atoms with Crippen LogP contribution in [0.3, 0.4) is 0 Å². The number of carbonyl (C=O) groups is 1. The molecule has 1 amide bonds. The second-order valence-electron chi connectivity index (χ2n) is 5.14. The van der Waals surface area contributed by atoms with Crippen LogP contribution in [0.5, 0.6) is 0 Å². The fourth-order valence-electron chi connectivity index (χ4n) is 2.49. The fraction of sp³-hybridized carbons (Fsp3) is 0.375. The predicted octanol–water partition coefficient (Wildman–Crippen LogP) is 2.29. The average Bonchev–Trinajstić information content (AvgIpc) is 2.89. The Balaban J connectivity index is 1.67. The number of aliphatic imine (C=N–C) groups is 1. The van der Waals surface area contributed by atoms with Crippen LogP contribution in [-0.4, -0.2) is 53.6 Å². The molecule has 0 N–H and O–H groups in total. The lowest BCUT2D eigenvalue weighted by atomic mass is 10.2. The number of thioether (sulfide) groups is 1. The summed E-state index contributed by atoms with van der Waals surface area (Å²) < 4.78 is 0. The minimum absolute atomic E-state index is 0.114. The summed E-state index contributed by atoms with van der Waals surface area (Å²) in [6, 6.07) is 9.92. The minimum atomic E-state index is -0.114. The summed E-state index contributed by atoms with van der Waals surface area (Å²) in [5.41, 5.74) is 1.04. The molecule has 0 atom stereocenters. The second-order valence-corrected chi connectivity index (χ2v) is 6.15. The van der Waals surface area contributed by atoms with E-state index in [0.29, 0.717) is 4.91 Å². The highest BCUT2D eigenvalue weighted by Crippen LogP contribution is 2.30. The Kier molecular flexibility index (Phi) is 4.41. The SMILES string of the molecule is CCN1CCN(C2=NC(=O)C(=Cc3ccccc3)S2)CC1. The van der Waals surface area contributed by atoms with Gasteiger partial charge in [-0.15, -0.1) is 0 Å². The quantitative estimate of drug-likeness (QED) is 0.785. The summed E-state index contributed by atoms with van der Waals surface area (Å²) >= 11 is 1.50. The molecule has 0 spiro atoms. The summed E-state index contributed by atoms with van der Waals surface area (Å²) in [6.45, 7) is 7.26. The molecule has 4 nitrogen and oxygen atoms in total. The van der Waals surface area contributed by atoms with Crippen molar-refractivity contribution in [2.45, 2.75) is 6.92 Å². The molecule has 0 aromatic heterocycles. The van der Waals surface area contributed by atoms with Gasteiger partial charge in [0, 0.05) is 26.2 Å². The Hall–Kier alpha value is -1.59. The van der Waals surface area contributed by atoms with Crippen molar-refractivity contribution in [3.8, 4) is 0 Å². The van der Waals surface area contributed by atoms with Crippen LogP contribution in [0.25, 0.3) is 6.08 Å². The minimum Gasteiger partial charge on any atom is -0.348 e. The first kappa shape index (κ1) is 14.4. The molecule has 1 saturated heterocycles. The summed E-state index contributed by atoms with van der Waals surface area (Å²) in [5.74, 6) is -0.114. The normalized spacial score (nSPS) is 22.0. The van der Waals surface area contributed by atoms with Crippen LogP contribution >= 0.6 is 11.8 Å². The third kappa shape index (κ3) is 3.36. The van der Waals surface area contributed by atoms with Crippen LogP contribution in [0.4, 0.5) is 0 Å². The van der Waals surface area contributed by atoms with E-state index >= 15 is 0 Å². The average molecular weight is 301 g/mol. The monoisotopic (exact) mass is 301 g/mol.